The highest BCUT2D eigenvalue weighted by molar-refractivity contribution is 5.99. The van der Waals surface area contributed by atoms with Gasteiger partial charge in [0.15, 0.2) is 0 Å². The van der Waals surface area contributed by atoms with Crippen LogP contribution in [-0.2, 0) is 6.42 Å². The zero-order valence-electron chi connectivity index (χ0n) is 14.6. The van der Waals surface area contributed by atoms with Crippen LogP contribution in [0.3, 0.4) is 0 Å². The van der Waals surface area contributed by atoms with Crippen molar-refractivity contribution in [3.63, 3.8) is 0 Å². The van der Waals surface area contributed by atoms with Crippen molar-refractivity contribution in [2.75, 3.05) is 25.7 Å². The van der Waals surface area contributed by atoms with Gasteiger partial charge < -0.3 is 19.4 Å². The average molecular weight is 336 g/mol. The molecule has 0 radical (unpaired) electrons. The number of hydrogen-bond donors (Lipinski definition) is 1. The second-order valence-corrected chi connectivity index (χ2v) is 6.22. The molecule has 0 saturated carbocycles. The van der Waals surface area contributed by atoms with Crippen molar-refractivity contribution in [2.45, 2.75) is 13.3 Å². The highest BCUT2D eigenvalue weighted by Crippen LogP contribution is 2.41. The van der Waals surface area contributed by atoms with Crippen LogP contribution in [0.15, 0.2) is 41.2 Å². The number of pyridine rings is 1. The van der Waals surface area contributed by atoms with E-state index in [9.17, 15) is 4.79 Å². The topological polar surface area (TPSA) is 54.6 Å². The molecule has 1 aromatic heterocycles. The lowest BCUT2D eigenvalue weighted by molar-refractivity contribution is 0.414. The van der Waals surface area contributed by atoms with Gasteiger partial charge in [-0.05, 0) is 43.2 Å². The van der Waals surface area contributed by atoms with Crippen LogP contribution < -0.4 is 19.9 Å². The maximum atomic E-state index is 12.6. The van der Waals surface area contributed by atoms with Crippen LogP contribution in [0, 0.1) is 6.92 Å². The zero-order valence-corrected chi connectivity index (χ0v) is 14.6. The molecule has 4 rings (SSSR count). The lowest BCUT2D eigenvalue weighted by Gasteiger charge is -2.23. The number of H-pyrrole nitrogens is 1. The van der Waals surface area contributed by atoms with Crippen molar-refractivity contribution in [3.05, 3.63) is 57.9 Å². The molecule has 128 valence electrons. The fourth-order valence-corrected chi connectivity index (χ4v) is 3.66. The Bertz CT molecular complexity index is 1020. The van der Waals surface area contributed by atoms with Crippen molar-refractivity contribution < 1.29 is 9.47 Å². The van der Waals surface area contributed by atoms with Gasteiger partial charge in [-0.25, -0.2) is 0 Å². The summed E-state index contributed by atoms with van der Waals surface area (Å²) in [6.45, 7) is 2.84. The van der Waals surface area contributed by atoms with Crippen molar-refractivity contribution in [1.82, 2.24) is 4.98 Å². The molecule has 5 heteroatoms. The van der Waals surface area contributed by atoms with E-state index in [1.165, 1.54) is 0 Å². The Balaban J connectivity index is 1.97. The fraction of sp³-hybridized carbons (Fsp3) is 0.250. The van der Waals surface area contributed by atoms with Gasteiger partial charge in [0.2, 0.25) is 0 Å². The summed E-state index contributed by atoms with van der Waals surface area (Å²) in [6, 6.07) is 11.9. The molecule has 2 aromatic carbocycles. The predicted octanol–water partition coefficient (Wildman–Crippen LogP) is 3.55. The molecule has 1 aliphatic heterocycles. The standard InChI is InChI=1S/C20H20N2O3/c1-12-11-13(24-2)7-8-16(12)22-10-9-15-19(22)14-5-4-6-17(25-3)18(14)21-20(15)23/h4-8,11H,9-10H2,1-3H3,(H,21,23). The summed E-state index contributed by atoms with van der Waals surface area (Å²) in [6.07, 6.45) is 0.725. The summed E-state index contributed by atoms with van der Waals surface area (Å²) in [5.74, 6) is 1.51. The Labute approximate surface area is 145 Å². The minimum absolute atomic E-state index is 0.0411. The smallest absolute Gasteiger partial charge is 0.253 e. The van der Waals surface area contributed by atoms with Crippen LogP contribution in [-0.4, -0.2) is 25.7 Å². The lowest BCUT2D eigenvalue weighted by Crippen LogP contribution is -2.16. The van der Waals surface area contributed by atoms with Gasteiger partial charge in [-0.15, -0.1) is 0 Å². The first kappa shape index (κ1) is 15.6. The molecule has 0 saturated heterocycles. The third-order valence-electron chi connectivity index (χ3n) is 4.85. The van der Waals surface area contributed by atoms with E-state index >= 15 is 0 Å². The third kappa shape index (κ3) is 2.35. The molecule has 0 aliphatic carbocycles. The molecule has 5 nitrogen and oxygen atoms in total. The molecule has 0 atom stereocenters. The number of fused-ring (bicyclic) bond motifs is 3. The van der Waals surface area contributed by atoms with Crippen LogP contribution in [0.4, 0.5) is 11.4 Å². The minimum Gasteiger partial charge on any atom is -0.497 e. The van der Waals surface area contributed by atoms with Gasteiger partial charge in [0.05, 0.1) is 25.4 Å². The summed E-state index contributed by atoms with van der Waals surface area (Å²) in [5, 5.41) is 1.00. The van der Waals surface area contributed by atoms with Crippen molar-refractivity contribution in [1.29, 1.82) is 0 Å². The first-order chi connectivity index (χ1) is 12.1. The molecule has 0 bridgehead atoms. The van der Waals surface area contributed by atoms with E-state index < -0.39 is 0 Å². The molecule has 2 heterocycles. The molecule has 0 unspecified atom stereocenters. The maximum Gasteiger partial charge on any atom is 0.253 e. The van der Waals surface area contributed by atoms with Crippen LogP contribution in [0.1, 0.15) is 11.1 Å². The number of aromatic amines is 1. The van der Waals surface area contributed by atoms with Gasteiger partial charge in [0.1, 0.15) is 11.5 Å². The Hall–Kier alpha value is -2.95. The lowest BCUT2D eigenvalue weighted by atomic mass is 10.1. The summed E-state index contributed by atoms with van der Waals surface area (Å²) >= 11 is 0. The summed E-state index contributed by atoms with van der Waals surface area (Å²) in [4.78, 5) is 17.8. The first-order valence-corrected chi connectivity index (χ1v) is 8.28. The highest BCUT2D eigenvalue weighted by Gasteiger charge is 2.27. The molecule has 0 amide bonds. The first-order valence-electron chi connectivity index (χ1n) is 8.28. The number of nitrogens with one attached hydrogen (secondary N) is 1. The van der Waals surface area contributed by atoms with E-state index in [2.05, 4.69) is 22.9 Å². The molecule has 1 aliphatic rings. The number of nitrogens with zero attached hydrogens (tertiary/aromatic N) is 1. The van der Waals surface area contributed by atoms with Crippen LogP contribution in [0.2, 0.25) is 0 Å². The number of benzene rings is 2. The molecule has 3 aromatic rings. The quantitative estimate of drug-likeness (QED) is 0.795. The molecule has 25 heavy (non-hydrogen) atoms. The monoisotopic (exact) mass is 336 g/mol. The Morgan fingerprint density at radius 1 is 1.12 bits per heavy atom. The largest absolute Gasteiger partial charge is 0.497 e. The fourth-order valence-electron chi connectivity index (χ4n) is 3.66. The normalized spacial score (nSPS) is 13.2. The second-order valence-electron chi connectivity index (χ2n) is 6.22. The number of ether oxygens (including phenoxy) is 2. The predicted molar refractivity (Wildman–Crippen MR) is 99.6 cm³/mol. The van der Waals surface area contributed by atoms with E-state index in [0.717, 1.165) is 52.1 Å². The summed E-state index contributed by atoms with van der Waals surface area (Å²) < 4.78 is 10.7. The van der Waals surface area contributed by atoms with E-state index in [0.29, 0.717) is 5.75 Å². The summed E-state index contributed by atoms with van der Waals surface area (Å²) in [5.41, 5.74) is 4.71. The van der Waals surface area contributed by atoms with Gasteiger partial charge in [0.25, 0.3) is 5.56 Å². The van der Waals surface area contributed by atoms with Crippen LogP contribution >= 0.6 is 0 Å². The third-order valence-corrected chi connectivity index (χ3v) is 4.85. The minimum atomic E-state index is -0.0411. The van der Waals surface area contributed by atoms with Crippen molar-refractivity contribution >= 4 is 22.3 Å². The molecule has 0 spiro atoms. The SMILES string of the molecule is COc1ccc(N2CCc3c2c2cccc(OC)c2[nH]c3=O)c(C)c1. The molecule has 1 N–H and O–H groups in total. The molecule has 0 fully saturated rings. The number of hydrogen-bond acceptors (Lipinski definition) is 4. The van der Waals surface area contributed by atoms with Crippen LogP contribution in [0.5, 0.6) is 11.5 Å². The number of anilines is 2. The Morgan fingerprint density at radius 2 is 1.96 bits per heavy atom. The number of aryl methyl sites for hydroxylation is 1. The van der Waals surface area contributed by atoms with Gasteiger partial charge >= 0.3 is 0 Å². The van der Waals surface area contributed by atoms with Gasteiger partial charge in [0, 0.05) is 23.2 Å². The van der Waals surface area contributed by atoms with Crippen molar-refractivity contribution in [3.8, 4) is 11.5 Å². The number of aromatic nitrogens is 1. The van der Waals surface area contributed by atoms with Crippen molar-refractivity contribution in [2.24, 2.45) is 0 Å². The van der Waals surface area contributed by atoms with E-state index in [1.54, 1.807) is 14.2 Å². The second kappa shape index (κ2) is 5.84. The number of para-hydroxylation sites is 1. The average Bonchev–Trinajstić information content (AvgIpc) is 3.07. The zero-order chi connectivity index (χ0) is 17.6. The molecular formula is C20H20N2O3. The van der Waals surface area contributed by atoms with Gasteiger partial charge in [-0.1, -0.05) is 12.1 Å². The Morgan fingerprint density at radius 3 is 2.68 bits per heavy atom. The Kier molecular flexibility index (Phi) is 3.64. The van der Waals surface area contributed by atoms with Crippen LogP contribution in [0.25, 0.3) is 10.9 Å². The van der Waals surface area contributed by atoms with E-state index in [-0.39, 0.29) is 5.56 Å². The summed E-state index contributed by atoms with van der Waals surface area (Å²) in [7, 11) is 3.28. The molecular weight excluding hydrogens is 316 g/mol. The number of rotatable bonds is 3. The maximum absolute atomic E-state index is 12.6. The van der Waals surface area contributed by atoms with E-state index in [1.807, 2.05) is 30.3 Å². The highest BCUT2D eigenvalue weighted by atomic mass is 16.5. The van der Waals surface area contributed by atoms with E-state index in [4.69, 9.17) is 9.47 Å². The van der Waals surface area contributed by atoms with Gasteiger partial charge in [-0.3, -0.25) is 4.79 Å². The number of methoxy groups -OCH3 is 2. The van der Waals surface area contributed by atoms with Gasteiger partial charge in [-0.2, -0.15) is 0 Å².